The van der Waals surface area contributed by atoms with Gasteiger partial charge in [-0.1, -0.05) is 24.3 Å². The molecule has 5 nitrogen and oxygen atoms in total. The second-order valence-electron chi connectivity index (χ2n) is 4.31. The van der Waals surface area contributed by atoms with Crippen molar-refractivity contribution in [2.45, 2.75) is 6.61 Å². The summed E-state index contributed by atoms with van der Waals surface area (Å²) in [5.41, 5.74) is 7.19. The van der Waals surface area contributed by atoms with Crippen LogP contribution in [0.1, 0.15) is 15.9 Å². The number of hydrogen-bond acceptors (Lipinski definition) is 5. The van der Waals surface area contributed by atoms with Gasteiger partial charge in [0.2, 0.25) is 0 Å². The lowest BCUT2D eigenvalue weighted by Gasteiger charge is -2.13. The zero-order valence-corrected chi connectivity index (χ0v) is 12.0. The normalized spacial score (nSPS) is 10.0. The summed E-state index contributed by atoms with van der Waals surface area (Å²) >= 11 is 0. The third-order valence-corrected chi connectivity index (χ3v) is 3.02. The first-order valence-corrected chi connectivity index (χ1v) is 6.39. The van der Waals surface area contributed by atoms with Crippen LogP contribution in [0.3, 0.4) is 0 Å². The number of carbonyl (C=O) groups excluding carboxylic acids is 1. The first kappa shape index (κ1) is 14.7. The number of esters is 1. The van der Waals surface area contributed by atoms with Crippen molar-refractivity contribution in [2.75, 3.05) is 20.0 Å². The van der Waals surface area contributed by atoms with E-state index >= 15 is 0 Å². The highest BCUT2D eigenvalue weighted by atomic mass is 16.5. The zero-order chi connectivity index (χ0) is 15.2. The molecule has 0 saturated heterocycles. The summed E-state index contributed by atoms with van der Waals surface area (Å²) in [6, 6.07) is 12.5. The molecule has 21 heavy (non-hydrogen) atoms. The number of hydrogen-bond donors (Lipinski definition) is 1. The number of anilines is 1. The zero-order valence-electron chi connectivity index (χ0n) is 12.0. The topological polar surface area (TPSA) is 70.8 Å². The molecule has 0 fully saturated rings. The van der Waals surface area contributed by atoms with Crippen molar-refractivity contribution in [3.63, 3.8) is 0 Å². The van der Waals surface area contributed by atoms with E-state index < -0.39 is 5.97 Å². The molecule has 0 heterocycles. The third kappa shape index (κ3) is 3.25. The Labute approximate surface area is 123 Å². The monoisotopic (exact) mass is 287 g/mol. The van der Waals surface area contributed by atoms with Crippen molar-refractivity contribution >= 4 is 11.7 Å². The molecule has 0 aliphatic rings. The van der Waals surface area contributed by atoms with Crippen molar-refractivity contribution in [1.29, 1.82) is 0 Å². The number of benzene rings is 2. The molecular formula is C16H17NO4. The van der Waals surface area contributed by atoms with Crippen LogP contribution in [0.4, 0.5) is 5.69 Å². The average Bonchev–Trinajstić information content (AvgIpc) is 2.52. The van der Waals surface area contributed by atoms with Crippen molar-refractivity contribution < 1.29 is 19.0 Å². The van der Waals surface area contributed by atoms with Gasteiger partial charge in [0.25, 0.3) is 0 Å². The average molecular weight is 287 g/mol. The van der Waals surface area contributed by atoms with E-state index in [9.17, 15) is 4.79 Å². The van der Waals surface area contributed by atoms with Gasteiger partial charge in [-0.15, -0.1) is 0 Å². The van der Waals surface area contributed by atoms with Gasteiger partial charge in [0, 0.05) is 11.3 Å². The summed E-state index contributed by atoms with van der Waals surface area (Å²) in [7, 11) is 2.89. The minimum absolute atomic E-state index is 0.190. The molecule has 0 spiro atoms. The van der Waals surface area contributed by atoms with Gasteiger partial charge in [-0.2, -0.15) is 0 Å². The van der Waals surface area contributed by atoms with Crippen molar-refractivity contribution in [3.05, 3.63) is 53.6 Å². The SMILES string of the molecule is COC(=O)c1c(N)cccc1COc1ccccc1OC. The van der Waals surface area contributed by atoms with E-state index in [-0.39, 0.29) is 6.61 Å². The first-order chi connectivity index (χ1) is 10.2. The van der Waals surface area contributed by atoms with E-state index in [0.29, 0.717) is 28.3 Å². The summed E-state index contributed by atoms with van der Waals surface area (Å²) in [6.07, 6.45) is 0. The first-order valence-electron chi connectivity index (χ1n) is 6.39. The van der Waals surface area contributed by atoms with Crippen LogP contribution in [0.25, 0.3) is 0 Å². The molecule has 0 atom stereocenters. The Balaban J connectivity index is 2.24. The number of ether oxygens (including phenoxy) is 3. The highest BCUT2D eigenvalue weighted by Crippen LogP contribution is 2.27. The second kappa shape index (κ2) is 6.65. The molecule has 0 bridgehead atoms. The Hall–Kier alpha value is -2.69. The second-order valence-corrected chi connectivity index (χ2v) is 4.31. The molecule has 0 saturated carbocycles. The van der Waals surface area contributed by atoms with Crippen molar-refractivity contribution in [1.82, 2.24) is 0 Å². The lowest BCUT2D eigenvalue weighted by molar-refractivity contribution is 0.0599. The van der Waals surface area contributed by atoms with Crippen LogP contribution in [-0.2, 0) is 11.3 Å². The molecule has 2 aromatic carbocycles. The maximum atomic E-state index is 11.8. The highest BCUT2D eigenvalue weighted by molar-refractivity contribution is 5.96. The van der Waals surface area contributed by atoms with E-state index in [1.165, 1.54) is 7.11 Å². The summed E-state index contributed by atoms with van der Waals surface area (Å²) in [5, 5.41) is 0. The maximum absolute atomic E-state index is 11.8. The highest BCUT2D eigenvalue weighted by Gasteiger charge is 2.16. The minimum Gasteiger partial charge on any atom is -0.493 e. The predicted octanol–water partition coefficient (Wildman–Crippen LogP) is 2.64. The van der Waals surface area contributed by atoms with Crippen LogP contribution < -0.4 is 15.2 Å². The van der Waals surface area contributed by atoms with E-state index in [1.807, 2.05) is 12.1 Å². The summed E-state index contributed by atoms with van der Waals surface area (Å²) in [5.74, 6) is 0.742. The number of rotatable bonds is 5. The van der Waals surface area contributed by atoms with Gasteiger partial charge in [-0.05, 0) is 18.2 Å². The van der Waals surface area contributed by atoms with E-state index in [4.69, 9.17) is 19.9 Å². The summed E-state index contributed by atoms with van der Waals surface area (Å²) < 4.78 is 15.7. The molecule has 0 amide bonds. The predicted molar refractivity (Wildman–Crippen MR) is 79.5 cm³/mol. The van der Waals surface area contributed by atoms with Crippen LogP contribution in [0, 0.1) is 0 Å². The van der Waals surface area contributed by atoms with E-state index in [0.717, 1.165) is 0 Å². The van der Waals surface area contributed by atoms with E-state index in [2.05, 4.69) is 0 Å². The molecule has 0 aromatic heterocycles. The van der Waals surface area contributed by atoms with Gasteiger partial charge in [0.1, 0.15) is 6.61 Å². The third-order valence-electron chi connectivity index (χ3n) is 3.02. The Morgan fingerprint density at radius 2 is 1.76 bits per heavy atom. The van der Waals surface area contributed by atoms with Gasteiger partial charge >= 0.3 is 5.97 Å². The molecule has 2 N–H and O–H groups in total. The van der Waals surface area contributed by atoms with Gasteiger partial charge in [0.05, 0.1) is 19.8 Å². The number of nitrogen functional groups attached to an aromatic ring is 1. The Bertz CT molecular complexity index is 640. The molecular weight excluding hydrogens is 270 g/mol. The van der Waals surface area contributed by atoms with Crippen LogP contribution in [-0.4, -0.2) is 20.2 Å². The molecule has 0 aliphatic heterocycles. The standard InChI is InChI=1S/C16H17NO4/c1-19-13-8-3-4-9-14(13)21-10-11-6-5-7-12(17)15(11)16(18)20-2/h3-9H,10,17H2,1-2H3. The van der Waals surface area contributed by atoms with Gasteiger partial charge in [0.15, 0.2) is 11.5 Å². The Morgan fingerprint density at radius 1 is 1.05 bits per heavy atom. The molecule has 2 aromatic rings. The Morgan fingerprint density at radius 3 is 2.43 bits per heavy atom. The van der Waals surface area contributed by atoms with Gasteiger partial charge < -0.3 is 19.9 Å². The smallest absolute Gasteiger partial charge is 0.340 e. The molecule has 0 unspecified atom stereocenters. The van der Waals surface area contributed by atoms with Crippen LogP contribution in [0.2, 0.25) is 0 Å². The maximum Gasteiger partial charge on any atom is 0.340 e. The molecule has 0 aliphatic carbocycles. The number of carbonyl (C=O) groups is 1. The van der Waals surface area contributed by atoms with Crippen LogP contribution in [0.15, 0.2) is 42.5 Å². The number of methoxy groups -OCH3 is 2. The number of nitrogens with two attached hydrogens (primary N) is 1. The van der Waals surface area contributed by atoms with E-state index in [1.54, 1.807) is 37.4 Å². The van der Waals surface area contributed by atoms with Gasteiger partial charge in [-0.3, -0.25) is 0 Å². The molecule has 110 valence electrons. The largest absolute Gasteiger partial charge is 0.493 e. The summed E-state index contributed by atoms with van der Waals surface area (Å²) in [6.45, 7) is 0.190. The lowest BCUT2D eigenvalue weighted by atomic mass is 10.1. The van der Waals surface area contributed by atoms with Crippen LogP contribution in [0.5, 0.6) is 11.5 Å². The van der Waals surface area contributed by atoms with Crippen molar-refractivity contribution in [3.8, 4) is 11.5 Å². The number of para-hydroxylation sites is 2. The lowest BCUT2D eigenvalue weighted by Crippen LogP contribution is -2.11. The van der Waals surface area contributed by atoms with Gasteiger partial charge in [-0.25, -0.2) is 4.79 Å². The molecule has 2 rings (SSSR count). The quantitative estimate of drug-likeness (QED) is 0.676. The van der Waals surface area contributed by atoms with Crippen molar-refractivity contribution in [2.24, 2.45) is 0 Å². The fourth-order valence-electron chi connectivity index (χ4n) is 1.98. The fourth-order valence-corrected chi connectivity index (χ4v) is 1.98. The minimum atomic E-state index is -0.480. The molecule has 0 radical (unpaired) electrons. The Kier molecular flexibility index (Phi) is 4.66. The summed E-state index contributed by atoms with van der Waals surface area (Å²) in [4.78, 5) is 11.8. The van der Waals surface area contributed by atoms with Crippen LogP contribution >= 0.6 is 0 Å². The molecule has 5 heteroatoms. The fraction of sp³-hybridized carbons (Fsp3) is 0.188.